The van der Waals surface area contributed by atoms with E-state index in [2.05, 4.69) is 10.0 Å². The first kappa shape index (κ1) is 18.5. The van der Waals surface area contributed by atoms with Gasteiger partial charge in [-0.05, 0) is 50.0 Å². The van der Waals surface area contributed by atoms with Crippen LogP contribution in [0.2, 0.25) is 5.02 Å². The van der Waals surface area contributed by atoms with Crippen molar-refractivity contribution >= 4 is 34.0 Å². The van der Waals surface area contributed by atoms with Crippen molar-refractivity contribution in [2.75, 3.05) is 26.7 Å². The molecule has 120 valence electrons. The Morgan fingerprint density at radius 1 is 1.48 bits per heavy atom. The molecular weight excluding hydrogens is 335 g/mol. The Hall–Kier alpha value is -0.530. The van der Waals surface area contributed by atoms with Gasteiger partial charge in [-0.15, -0.1) is 12.4 Å². The number of hydrogen-bond donors (Lipinski definition) is 2. The summed E-state index contributed by atoms with van der Waals surface area (Å²) in [5, 5.41) is 3.63. The first-order valence-electron chi connectivity index (χ1n) is 6.57. The van der Waals surface area contributed by atoms with Gasteiger partial charge in [-0.1, -0.05) is 11.6 Å². The quantitative estimate of drug-likeness (QED) is 0.820. The lowest BCUT2D eigenvalue weighted by molar-refractivity contribution is 0.402. The molecule has 0 aromatic heterocycles. The van der Waals surface area contributed by atoms with Crippen molar-refractivity contribution < 1.29 is 13.2 Å². The number of halogens is 2. The Morgan fingerprint density at radius 3 is 2.86 bits per heavy atom. The maximum Gasteiger partial charge on any atom is 0.244 e. The van der Waals surface area contributed by atoms with Crippen molar-refractivity contribution in [2.45, 2.75) is 17.7 Å². The van der Waals surface area contributed by atoms with Gasteiger partial charge in [0.2, 0.25) is 10.0 Å². The third-order valence-electron chi connectivity index (χ3n) is 3.42. The second-order valence-corrected chi connectivity index (χ2v) is 7.01. The van der Waals surface area contributed by atoms with Gasteiger partial charge >= 0.3 is 0 Å². The molecular formula is C13H20Cl2N2O3S. The summed E-state index contributed by atoms with van der Waals surface area (Å²) in [5.74, 6) is 0.836. The predicted octanol–water partition coefficient (Wildman–Crippen LogP) is 2.05. The van der Waals surface area contributed by atoms with E-state index in [0.29, 0.717) is 23.2 Å². The number of sulfonamides is 1. The van der Waals surface area contributed by atoms with Crippen molar-refractivity contribution in [3.63, 3.8) is 0 Å². The van der Waals surface area contributed by atoms with Gasteiger partial charge in [0.1, 0.15) is 10.6 Å². The lowest BCUT2D eigenvalue weighted by atomic mass is 10.1. The van der Waals surface area contributed by atoms with E-state index in [9.17, 15) is 8.42 Å². The van der Waals surface area contributed by atoms with Crippen molar-refractivity contribution in [1.29, 1.82) is 0 Å². The zero-order chi connectivity index (χ0) is 14.6. The topological polar surface area (TPSA) is 67.4 Å². The lowest BCUT2D eigenvalue weighted by Crippen LogP contribution is -2.27. The Kier molecular flexibility index (Phi) is 7.23. The smallest absolute Gasteiger partial charge is 0.244 e. The number of benzene rings is 1. The van der Waals surface area contributed by atoms with Gasteiger partial charge in [-0.25, -0.2) is 13.1 Å². The minimum Gasteiger partial charge on any atom is -0.495 e. The van der Waals surface area contributed by atoms with E-state index >= 15 is 0 Å². The van der Waals surface area contributed by atoms with Crippen molar-refractivity contribution in [2.24, 2.45) is 5.92 Å². The van der Waals surface area contributed by atoms with E-state index in [1.807, 2.05) is 0 Å². The summed E-state index contributed by atoms with van der Waals surface area (Å²) in [6, 6.07) is 4.56. The van der Waals surface area contributed by atoms with Gasteiger partial charge in [-0.2, -0.15) is 0 Å². The molecule has 0 amide bonds. The molecule has 1 aliphatic heterocycles. The van der Waals surface area contributed by atoms with E-state index in [0.717, 1.165) is 25.9 Å². The highest BCUT2D eigenvalue weighted by molar-refractivity contribution is 7.89. The molecule has 1 saturated heterocycles. The molecule has 1 aliphatic rings. The molecule has 5 nitrogen and oxygen atoms in total. The van der Waals surface area contributed by atoms with Gasteiger partial charge < -0.3 is 10.1 Å². The molecule has 0 radical (unpaired) electrons. The largest absolute Gasteiger partial charge is 0.495 e. The Morgan fingerprint density at radius 2 is 2.24 bits per heavy atom. The second kappa shape index (κ2) is 8.19. The number of ether oxygens (including phenoxy) is 1. The monoisotopic (exact) mass is 354 g/mol. The second-order valence-electron chi connectivity index (χ2n) is 4.84. The zero-order valence-electron chi connectivity index (χ0n) is 11.8. The number of methoxy groups -OCH3 is 1. The standard InChI is InChI=1S/C13H19ClN2O3S.ClH/c1-19-12-3-2-11(14)8-13(12)20(17,18)16-7-5-10-4-6-15-9-10;/h2-3,8,10,15-16H,4-7,9H2,1H3;1H. The Labute approximate surface area is 136 Å². The van der Waals surface area contributed by atoms with Crippen LogP contribution in [0.15, 0.2) is 23.1 Å². The van der Waals surface area contributed by atoms with Crippen LogP contribution < -0.4 is 14.8 Å². The molecule has 1 unspecified atom stereocenters. The lowest BCUT2D eigenvalue weighted by Gasteiger charge is -2.12. The van der Waals surface area contributed by atoms with Gasteiger partial charge in [0.15, 0.2) is 0 Å². The summed E-state index contributed by atoms with van der Waals surface area (Å²) in [6.07, 6.45) is 1.93. The number of rotatable bonds is 6. The highest BCUT2D eigenvalue weighted by Crippen LogP contribution is 2.26. The molecule has 8 heteroatoms. The van der Waals surface area contributed by atoms with Gasteiger partial charge in [0.25, 0.3) is 0 Å². The fourth-order valence-electron chi connectivity index (χ4n) is 2.30. The van der Waals surface area contributed by atoms with Gasteiger partial charge in [0.05, 0.1) is 7.11 Å². The van der Waals surface area contributed by atoms with Crippen LogP contribution in [0.4, 0.5) is 0 Å². The van der Waals surface area contributed by atoms with Crippen LogP contribution in [0.1, 0.15) is 12.8 Å². The molecule has 2 N–H and O–H groups in total. The Balaban J connectivity index is 0.00000220. The predicted molar refractivity (Wildman–Crippen MR) is 86.0 cm³/mol. The molecule has 0 aliphatic carbocycles. The van der Waals surface area contributed by atoms with Crippen LogP contribution in [0.5, 0.6) is 5.75 Å². The zero-order valence-corrected chi connectivity index (χ0v) is 14.2. The average Bonchev–Trinajstić information content (AvgIpc) is 2.91. The molecule has 1 atom stereocenters. The van der Waals surface area contributed by atoms with E-state index < -0.39 is 10.0 Å². The fraction of sp³-hybridized carbons (Fsp3) is 0.538. The van der Waals surface area contributed by atoms with Crippen LogP contribution in [-0.4, -0.2) is 35.2 Å². The van der Waals surface area contributed by atoms with Crippen molar-refractivity contribution in [3.8, 4) is 5.75 Å². The van der Waals surface area contributed by atoms with Crippen LogP contribution >= 0.6 is 24.0 Å². The highest BCUT2D eigenvalue weighted by Gasteiger charge is 2.21. The van der Waals surface area contributed by atoms with Crippen molar-refractivity contribution in [3.05, 3.63) is 23.2 Å². The minimum absolute atomic E-state index is 0. The molecule has 0 spiro atoms. The first-order chi connectivity index (χ1) is 9.53. The molecule has 1 aromatic carbocycles. The maximum absolute atomic E-state index is 12.3. The summed E-state index contributed by atoms with van der Waals surface area (Å²) in [6.45, 7) is 2.39. The molecule has 21 heavy (non-hydrogen) atoms. The molecule has 1 fully saturated rings. The SMILES string of the molecule is COc1ccc(Cl)cc1S(=O)(=O)NCCC1CCNC1.Cl. The summed E-state index contributed by atoms with van der Waals surface area (Å²) in [4.78, 5) is 0.0806. The average molecular weight is 355 g/mol. The van der Waals surface area contributed by atoms with Crippen LogP contribution in [-0.2, 0) is 10.0 Å². The number of nitrogens with one attached hydrogen (secondary N) is 2. The summed E-state index contributed by atoms with van der Waals surface area (Å²) >= 11 is 5.86. The van der Waals surface area contributed by atoms with E-state index in [1.165, 1.54) is 13.2 Å². The highest BCUT2D eigenvalue weighted by atomic mass is 35.5. The number of hydrogen-bond acceptors (Lipinski definition) is 4. The van der Waals surface area contributed by atoms with E-state index in [4.69, 9.17) is 16.3 Å². The van der Waals surface area contributed by atoms with E-state index in [-0.39, 0.29) is 17.3 Å². The minimum atomic E-state index is -3.60. The Bertz CT molecular complexity index is 561. The fourth-order valence-corrected chi connectivity index (χ4v) is 3.77. The third kappa shape index (κ3) is 5.00. The maximum atomic E-state index is 12.3. The molecule has 0 bridgehead atoms. The normalized spacial score (nSPS) is 18.3. The molecule has 1 aromatic rings. The molecule has 0 saturated carbocycles. The first-order valence-corrected chi connectivity index (χ1v) is 8.43. The van der Waals surface area contributed by atoms with E-state index in [1.54, 1.807) is 12.1 Å². The summed E-state index contributed by atoms with van der Waals surface area (Å²) < 4.78 is 32.2. The van der Waals surface area contributed by atoms with Gasteiger partial charge in [-0.3, -0.25) is 0 Å². The summed E-state index contributed by atoms with van der Waals surface area (Å²) in [7, 11) is -2.16. The van der Waals surface area contributed by atoms with Crippen molar-refractivity contribution in [1.82, 2.24) is 10.0 Å². The summed E-state index contributed by atoms with van der Waals surface area (Å²) in [5.41, 5.74) is 0. The van der Waals surface area contributed by atoms with Crippen LogP contribution in [0.3, 0.4) is 0 Å². The van der Waals surface area contributed by atoms with Crippen LogP contribution in [0, 0.1) is 5.92 Å². The molecule has 2 rings (SSSR count). The molecule has 1 heterocycles. The van der Waals surface area contributed by atoms with Crippen LogP contribution in [0.25, 0.3) is 0 Å². The third-order valence-corrected chi connectivity index (χ3v) is 5.14. The van der Waals surface area contributed by atoms with Gasteiger partial charge in [0, 0.05) is 11.6 Å².